The Bertz CT molecular complexity index is 166. The summed E-state index contributed by atoms with van der Waals surface area (Å²) in [5.74, 6) is -0.0706. The average molecular weight is 143 g/mol. The van der Waals surface area contributed by atoms with Gasteiger partial charge in [-0.1, -0.05) is 0 Å². The van der Waals surface area contributed by atoms with E-state index in [9.17, 15) is 4.79 Å². The molecule has 1 N–H and O–H groups in total. The molecule has 1 amide bonds. The zero-order valence-electron chi connectivity index (χ0n) is 6.80. The van der Waals surface area contributed by atoms with E-state index in [1.54, 1.807) is 21.0 Å². The van der Waals surface area contributed by atoms with Gasteiger partial charge in [-0.15, -0.1) is 0 Å². The van der Waals surface area contributed by atoms with Gasteiger partial charge in [-0.2, -0.15) is 0 Å². The third kappa shape index (κ3) is 2.09. The van der Waals surface area contributed by atoms with Gasteiger partial charge in [0.05, 0.1) is 11.3 Å². The Morgan fingerprint density at radius 1 is 1.30 bits per heavy atom. The fourth-order valence-electron chi connectivity index (χ4n) is 0.490. The highest BCUT2D eigenvalue weighted by Crippen LogP contribution is 2.01. The molecule has 0 aliphatic carbocycles. The van der Waals surface area contributed by atoms with Crippen LogP contribution < -0.4 is 0 Å². The molecule has 0 atom stereocenters. The van der Waals surface area contributed by atoms with E-state index in [4.69, 9.17) is 5.11 Å². The highest BCUT2D eigenvalue weighted by molar-refractivity contribution is 5.92. The summed E-state index contributed by atoms with van der Waals surface area (Å²) in [7, 11) is 3.30. The van der Waals surface area contributed by atoms with Crippen LogP contribution in [0.1, 0.15) is 13.8 Å². The van der Waals surface area contributed by atoms with Crippen LogP contribution in [0.4, 0.5) is 0 Å². The van der Waals surface area contributed by atoms with Crippen LogP contribution >= 0.6 is 0 Å². The van der Waals surface area contributed by atoms with E-state index in [1.807, 2.05) is 0 Å². The van der Waals surface area contributed by atoms with Gasteiger partial charge in [-0.25, -0.2) is 0 Å². The maximum atomic E-state index is 11.0. The molecule has 0 saturated carbocycles. The molecule has 3 heteroatoms. The van der Waals surface area contributed by atoms with E-state index in [2.05, 4.69) is 0 Å². The van der Waals surface area contributed by atoms with Crippen molar-refractivity contribution in [2.75, 3.05) is 14.1 Å². The topological polar surface area (TPSA) is 40.5 Å². The monoisotopic (exact) mass is 143 g/mol. The maximum absolute atomic E-state index is 11.0. The van der Waals surface area contributed by atoms with Crippen LogP contribution in [0.5, 0.6) is 0 Å². The number of carbonyl (C=O) groups excluding carboxylic acids is 1. The van der Waals surface area contributed by atoms with E-state index >= 15 is 0 Å². The first-order chi connectivity index (χ1) is 4.46. The molecule has 10 heavy (non-hydrogen) atoms. The van der Waals surface area contributed by atoms with Gasteiger partial charge in [0.25, 0.3) is 5.91 Å². The number of carbonyl (C=O) groups is 1. The summed E-state index contributed by atoms with van der Waals surface area (Å²) < 4.78 is 0. The average Bonchev–Trinajstić information content (AvgIpc) is 1.84. The minimum absolute atomic E-state index is 0.0821. The van der Waals surface area contributed by atoms with E-state index in [1.165, 1.54) is 11.8 Å². The molecular weight excluding hydrogens is 130 g/mol. The van der Waals surface area contributed by atoms with E-state index in [0.29, 0.717) is 5.57 Å². The Balaban J connectivity index is 4.38. The van der Waals surface area contributed by atoms with Crippen LogP contribution in [-0.2, 0) is 4.79 Å². The smallest absolute Gasteiger partial charge is 0.252 e. The predicted molar refractivity (Wildman–Crippen MR) is 39.7 cm³/mol. The summed E-state index contributed by atoms with van der Waals surface area (Å²) in [5.41, 5.74) is 0.394. The maximum Gasteiger partial charge on any atom is 0.252 e. The molecule has 3 nitrogen and oxygen atoms in total. The van der Waals surface area contributed by atoms with Crippen LogP contribution in [0.25, 0.3) is 0 Å². The van der Waals surface area contributed by atoms with Crippen LogP contribution in [0.15, 0.2) is 11.3 Å². The zero-order chi connectivity index (χ0) is 8.31. The molecule has 0 spiro atoms. The quantitative estimate of drug-likeness (QED) is 0.438. The second-order valence-corrected chi connectivity index (χ2v) is 2.41. The second kappa shape index (κ2) is 3.25. The summed E-state index contributed by atoms with van der Waals surface area (Å²) in [6.45, 7) is 3.09. The Morgan fingerprint density at radius 2 is 1.70 bits per heavy atom. The highest BCUT2D eigenvalue weighted by atomic mass is 16.3. The SMILES string of the molecule is CC(O)=C(C)C(=O)N(C)C. The molecule has 0 fully saturated rings. The molecule has 0 aromatic heterocycles. The van der Waals surface area contributed by atoms with Crippen molar-refractivity contribution in [1.82, 2.24) is 4.90 Å². The molecule has 58 valence electrons. The number of likely N-dealkylation sites (N-methyl/N-ethyl adjacent to an activating group) is 1. The number of nitrogens with zero attached hydrogens (tertiary/aromatic N) is 1. The van der Waals surface area contributed by atoms with Crippen molar-refractivity contribution in [3.05, 3.63) is 11.3 Å². The summed E-state index contributed by atoms with van der Waals surface area (Å²) in [4.78, 5) is 12.4. The summed E-state index contributed by atoms with van der Waals surface area (Å²) >= 11 is 0. The van der Waals surface area contributed by atoms with Crippen molar-refractivity contribution in [2.45, 2.75) is 13.8 Å². The van der Waals surface area contributed by atoms with Gasteiger partial charge in [0, 0.05) is 14.1 Å². The van der Waals surface area contributed by atoms with Gasteiger partial charge in [-0.3, -0.25) is 4.79 Å². The molecule has 0 saturated heterocycles. The van der Waals surface area contributed by atoms with Crippen LogP contribution in [0.2, 0.25) is 0 Å². The fraction of sp³-hybridized carbons (Fsp3) is 0.571. The van der Waals surface area contributed by atoms with E-state index < -0.39 is 0 Å². The van der Waals surface area contributed by atoms with E-state index in [-0.39, 0.29) is 11.7 Å². The first kappa shape index (κ1) is 9.01. The van der Waals surface area contributed by atoms with Crippen molar-refractivity contribution in [3.8, 4) is 0 Å². The van der Waals surface area contributed by atoms with Crippen LogP contribution in [0.3, 0.4) is 0 Å². The van der Waals surface area contributed by atoms with Crippen LogP contribution in [-0.4, -0.2) is 30.0 Å². The van der Waals surface area contributed by atoms with Crippen molar-refractivity contribution in [1.29, 1.82) is 0 Å². The van der Waals surface area contributed by atoms with Gasteiger partial charge in [0.1, 0.15) is 0 Å². The number of amides is 1. The van der Waals surface area contributed by atoms with Crippen LogP contribution in [0, 0.1) is 0 Å². The Morgan fingerprint density at radius 3 is 1.80 bits per heavy atom. The van der Waals surface area contributed by atoms with Gasteiger partial charge in [-0.05, 0) is 13.8 Å². The predicted octanol–water partition coefficient (Wildman–Crippen LogP) is 0.927. The fourth-order valence-corrected chi connectivity index (χ4v) is 0.490. The summed E-state index contributed by atoms with van der Waals surface area (Å²) in [6, 6.07) is 0. The lowest BCUT2D eigenvalue weighted by Crippen LogP contribution is -2.23. The van der Waals surface area contributed by atoms with Crippen molar-refractivity contribution >= 4 is 5.91 Å². The Kier molecular flexibility index (Phi) is 2.93. The summed E-state index contributed by atoms with van der Waals surface area (Å²) in [5, 5.41) is 8.87. The summed E-state index contributed by atoms with van der Waals surface area (Å²) in [6.07, 6.45) is 0. The molecule has 0 rings (SSSR count). The molecule has 0 aromatic carbocycles. The molecular formula is C7H13NO2. The van der Waals surface area contributed by atoms with Gasteiger partial charge >= 0.3 is 0 Å². The van der Waals surface area contributed by atoms with Gasteiger partial charge in [0.15, 0.2) is 0 Å². The first-order valence-electron chi connectivity index (χ1n) is 3.05. The normalized spacial score (nSPS) is 12.4. The van der Waals surface area contributed by atoms with Crippen molar-refractivity contribution < 1.29 is 9.90 Å². The number of hydrogen-bond donors (Lipinski definition) is 1. The number of rotatable bonds is 1. The van der Waals surface area contributed by atoms with Gasteiger partial charge < -0.3 is 10.0 Å². The minimum Gasteiger partial charge on any atom is -0.512 e. The lowest BCUT2D eigenvalue weighted by molar-refractivity contribution is -0.124. The largest absolute Gasteiger partial charge is 0.512 e. The molecule has 0 aliphatic rings. The minimum atomic E-state index is -0.153. The molecule has 0 bridgehead atoms. The molecule has 0 aliphatic heterocycles. The number of allylic oxidation sites excluding steroid dienone is 1. The standard InChI is InChI=1S/C7H13NO2/c1-5(6(2)9)7(10)8(3)4/h9H,1-4H3. The first-order valence-corrected chi connectivity index (χ1v) is 3.05. The Hall–Kier alpha value is -0.990. The second-order valence-electron chi connectivity index (χ2n) is 2.41. The number of aliphatic hydroxyl groups excluding tert-OH is 1. The Labute approximate surface area is 61.0 Å². The molecule has 0 unspecified atom stereocenters. The third-order valence-corrected chi connectivity index (χ3v) is 1.27. The highest BCUT2D eigenvalue weighted by Gasteiger charge is 2.08. The van der Waals surface area contributed by atoms with Gasteiger partial charge in [0.2, 0.25) is 0 Å². The number of aliphatic hydroxyl groups is 1. The molecule has 0 radical (unpaired) electrons. The number of hydrogen-bond acceptors (Lipinski definition) is 2. The molecule has 0 aromatic rings. The van der Waals surface area contributed by atoms with Crippen molar-refractivity contribution in [2.24, 2.45) is 0 Å². The van der Waals surface area contributed by atoms with E-state index in [0.717, 1.165) is 0 Å². The lowest BCUT2D eigenvalue weighted by atomic mass is 10.2. The lowest BCUT2D eigenvalue weighted by Gasteiger charge is -2.10. The van der Waals surface area contributed by atoms with Crippen molar-refractivity contribution in [3.63, 3.8) is 0 Å². The third-order valence-electron chi connectivity index (χ3n) is 1.27. The molecule has 0 heterocycles. The zero-order valence-corrected chi connectivity index (χ0v) is 6.80.